The zero-order valence-electron chi connectivity index (χ0n) is 16.3. The molecule has 0 N–H and O–H groups in total. The summed E-state index contributed by atoms with van der Waals surface area (Å²) in [4.78, 5) is 27.7. The number of amides is 2. The number of hydrogen-bond acceptors (Lipinski definition) is 5. The molecule has 1 aromatic carbocycles. The minimum atomic E-state index is -0.321. The number of rotatable bonds is 5. The summed E-state index contributed by atoms with van der Waals surface area (Å²) in [5.74, 6) is 0.163. The number of hydrogen-bond donors (Lipinski definition) is 0. The number of nitrogens with zero attached hydrogens (tertiary/aromatic N) is 4. The van der Waals surface area contributed by atoms with Gasteiger partial charge in [-0.2, -0.15) is 0 Å². The molecular weight excluding hydrogens is 375 g/mol. The van der Waals surface area contributed by atoms with Crippen LogP contribution >= 0.6 is 0 Å². The van der Waals surface area contributed by atoms with Crippen molar-refractivity contribution < 1.29 is 18.7 Å². The molecule has 2 unspecified atom stereocenters. The Balaban J connectivity index is 1.28. The molecule has 7 nitrogen and oxygen atoms in total. The van der Waals surface area contributed by atoms with E-state index in [9.17, 15) is 14.0 Å². The Morgan fingerprint density at radius 3 is 2.79 bits per heavy atom. The highest BCUT2D eigenvalue weighted by atomic mass is 19.1. The molecule has 8 heteroatoms. The summed E-state index contributed by atoms with van der Waals surface area (Å²) in [6, 6.07) is 9.65. The van der Waals surface area contributed by atoms with Gasteiger partial charge in [-0.05, 0) is 24.6 Å². The lowest BCUT2D eigenvalue weighted by atomic mass is 10.1. The van der Waals surface area contributed by atoms with Gasteiger partial charge in [-0.1, -0.05) is 12.1 Å². The van der Waals surface area contributed by atoms with Gasteiger partial charge in [0.25, 0.3) is 0 Å². The first-order valence-electron chi connectivity index (χ1n) is 9.75. The fraction of sp³-hybridized carbons (Fsp3) is 0.429. The van der Waals surface area contributed by atoms with E-state index >= 15 is 0 Å². The second-order valence-electron chi connectivity index (χ2n) is 7.69. The summed E-state index contributed by atoms with van der Waals surface area (Å²) in [6.07, 6.45) is 1.16. The van der Waals surface area contributed by atoms with Crippen molar-refractivity contribution in [3.8, 4) is 17.1 Å². The molecule has 2 saturated heterocycles. The van der Waals surface area contributed by atoms with E-state index in [1.54, 1.807) is 36.2 Å². The summed E-state index contributed by atoms with van der Waals surface area (Å²) in [5.41, 5.74) is 1.23. The summed E-state index contributed by atoms with van der Waals surface area (Å²) >= 11 is 0. The Bertz CT molecular complexity index is 905. The van der Waals surface area contributed by atoms with E-state index in [0.717, 1.165) is 6.42 Å². The predicted molar refractivity (Wildman–Crippen MR) is 103 cm³/mol. The predicted octanol–water partition coefficient (Wildman–Crippen LogP) is 1.99. The number of benzene rings is 1. The summed E-state index contributed by atoms with van der Waals surface area (Å²) in [6.45, 7) is 2.26. The van der Waals surface area contributed by atoms with Gasteiger partial charge in [-0.15, -0.1) is 10.2 Å². The minimum absolute atomic E-state index is 0.0303. The average Bonchev–Trinajstić information content (AvgIpc) is 3.33. The Morgan fingerprint density at radius 2 is 2.10 bits per heavy atom. The van der Waals surface area contributed by atoms with Crippen molar-refractivity contribution in [1.29, 1.82) is 0 Å². The summed E-state index contributed by atoms with van der Waals surface area (Å²) in [5, 5.41) is 8.16. The SMILES string of the molecule is CN1CC(C(=O)N2CCC(COc3ccc(-c4cccc(F)c4)nn3)C2)CC1=O. The van der Waals surface area contributed by atoms with Crippen LogP contribution in [-0.2, 0) is 9.59 Å². The van der Waals surface area contributed by atoms with Crippen LogP contribution in [0.5, 0.6) is 5.88 Å². The molecule has 2 atom stereocenters. The van der Waals surface area contributed by atoms with Crippen LogP contribution in [-0.4, -0.2) is 65.1 Å². The molecule has 0 spiro atoms. The lowest BCUT2D eigenvalue weighted by Crippen LogP contribution is -2.36. The van der Waals surface area contributed by atoms with Crippen molar-refractivity contribution in [2.75, 3.05) is 33.3 Å². The molecule has 2 aromatic rings. The largest absolute Gasteiger partial charge is 0.476 e. The monoisotopic (exact) mass is 398 g/mol. The van der Waals surface area contributed by atoms with Crippen molar-refractivity contribution in [1.82, 2.24) is 20.0 Å². The van der Waals surface area contributed by atoms with E-state index in [-0.39, 0.29) is 29.5 Å². The first kappa shape index (κ1) is 19.3. The third kappa shape index (κ3) is 4.36. The van der Waals surface area contributed by atoms with Crippen LogP contribution in [0.25, 0.3) is 11.3 Å². The van der Waals surface area contributed by atoms with E-state index in [4.69, 9.17) is 4.74 Å². The fourth-order valence-electron chi connectivity index (χ4n) is 3.86. The molecule has 3 heterocycles. The molecule has 1 aromatic heterocycles. The van der Waals surface area contributed by atoms with Crippen molar-refractivity contribution in [2.45, 2.75) is 12.8 Å². The first-order chi connectivity index (χ1) is 14.0. The lowest BCUT2D eigenvalue weighted by Gasteiger charge is -2.20. The highest BCUT2D eigenvalue weighted by molar-refractivity contribution is 5.89. The van der Waals surface area contributed by atoms with Crippen LogP contribution in [0.2, 0.25) is 0 Å². The third-order valence-corrected chi connectivity index (χ3v) is 5.52. The van der Waals surface area contributed by atoms with E-state index in [1.165, 1.54) is 12.1 Å². The van der Waals surface area contributed by atoms with Crippen LogP contribution in [0.15, 0.2) is 36.4 Å². The molecule has 0 saturated carbocycles. The zero-order chi connectivity index (χ0) is 20.4. The molecule has 29 heavy (non-hydrogen) atoms. The van der Waals surface area contributed by atoms with Gasteiger partial charge in [0, 0.05) is 50.7 Å². The molecule has 0 aliphatic carbocycles. The lowest BCUT2D eigenvalue weighted by molar-refractivity contribution is -0.135. The second-order valence-corrected chi connectivity index (χ2v) is 7.69. The van der Waals surface area contributed by atoms with Gasteiger partial charge in [-0.25, -0.2) is 4.39 Å². The molecule has 2 aliphatic heterocycles. The Morgan fingerprint density at radius 1 is 1.24 bits per heavy atom. The highest BCUT2D eigenvalue weighted by Crippen LogP contribution is 2.24. The van der Waals surface area contributed by atoms with Crippen LogP contribution in [0.4, 0.5) is 4.39 Å². The van der Waals surface area contributed by atoms with Crippen LogP contribution in [0.3, 0.4) is 0 Å². The normalized spacial score (nSPS) is 21.7. The van der Waals surface area contributed by atoms with Gasteiger partial charge in [-0.3, -0.25) is 9.59 Å². The smallest absolute Gasteiger partial charge is 0.233 e. The Hall–Kier alpha value is -3.03. The number of ether oxygens (including phenoxy) is 1. The topological polar surface area (TPSA) is 75.6 Å². The molecule has 4 rings (SSSR count). The number of aromatic nitrogens is 2. The molecule has 2 aliphatic rings. The summed E-state index contributed by atoms with van der Waals surface area (Å²) < 4.78 is 19.1. The van der Waals surface area contributed by atoms with Gasteiger partial charge in [0.2, 0.25) is 17.7 Å². The maximum absolute atomic E-state index is 13.3. The average molecular weight is 398 g/mol. The fourth-order valence-corrected chi connectivity index (χ4v) is 3.86. The second kappa shape index (κ2) is 8.14. The Kier molecular flexibility index (Phi) is 5.42. The first-order valence-corrected chi connectivity index (χ1v) is 9.75. The van der Waals surface area contributed by atoms with Crippen molar-refractivity contribution in [2.24, 2.45) is 11.8 Å². The number of halogens is 1. The number of carbonyl (C=O) groups is 2. The number of likely N-dealkylation sites (tertiary alicyclic amines) is 2. The third-order valence-electron chi connectivity index (χ3n) is 5.52. The van der Waals surface area contributed by atoms with Gasteiger partial charge >= 0.3 is 0 Å². The summed E-state index contributed by atoms with van der Waals surface area (Å²) in [7, 11) is 1.73. The van der Waals surface area contributed by atoms with Crippen molar-refractivity contribution in [3.63, 3.8) is 0 Å². The quantitative estimate of drug-likeness (QED) is 0.770. The van der Waals surface area contributed by atoms with Crippen LogP contribution < -0.4 is 4.74 Å². The zero-order valence-corrected chi connectivity index (χ0v) is 16.3. The molecule has 0 bridgehead atoms. The van der Waals surface area contributed by atoms with Gasteiger partial charge in [0.15, 0.2) is 0 Å². The van der Waals surface area contributed by atoms with E-state index in [1.807, 2.05) is 4.90 Å². The standard InChI is InChI=1S/C21H23FN4O3/c1-25-12-16(10-20(25)27)21(28)26-8-7-14(11-26)13-29-19-6-5-18(23-24-19)15-3-2-4-17(22)9-15/h2-6,9,14,16H,7-8,10-13H2,1H3. The van der Waals surface area contributed by atoms with E-state index in [0.29, 0.717) is 49.8 Å². The van der Waals surface area contributed by atoms with Gasteiger partial charge in [0.05, 0.1) is 18.2 Å². The van der Waals surface area contributed by atoms with Gasteiger partial charge < -0.3 is 14.5 Å². The maximum Gasteiger partial charge on any atom is 0.233 e. The van der Waals surface area contributed by atoms with Gasteiger partial charge in [0.1, 0.15) is 5.82 Å². The highest BCUT2D eigenvalue weighted by Gasteiger charge is 2.37. The molecule has 0 radical (unpaired) electrons. The molecule has 152 valence electrons. The Labute approximate surface area is 168 Å². The van der Waals surface area contributed by atoms with Crippen molar-refractivity contribution >= 4 is 11.8 Å². The molecular formula is C21H23FN4O3. The minimum Gasteiger partial charge on any atom is -0.476 e. The molecule has 2 amide bonds. The molecule has 2 fully saturated rings. The number of carbonyl (C=O) groups excluding carboxylic acids is 2. The van der Waals surface area contributed by atoms with Crippen LogP contribution in [0, 0.1) is 17.7 Å². The maximum atomic E-state index is 13.3. The van der Waals surface area contributed by atoms with Crippen molar-refractivity contribution in [3.05, 3.63) is 42.2 Å². The van der Waals surface area contributed by atoms with Crippen LogP contribution in [0.1, 0.15) is 12.8 Å². The van der Waals surface area contributed by atoms with E-state index < -0.39 is 0 Å². The van der Waals surface area contributed by atoms with E-state index in [2.05, 4.69) is 10.2 Å².